The summed E-state index contributed by atoms with van der Waals surface area (Å²) in [5.41, 5.74) is 8.88. The number of aryl methyl sites for hydroxylation is 2. The standard InChI is InChI=1S/C17H20FNO/c1-11-9-12(2)16(15(10-11)20-4)17(3,19)13-7-5-6-8-14(13)18/h5-10H,19H2,1-4H3. The first-order valence-electron chi connectivity index (χ1n) is 6.57. The summed E-state index contributed by atoms with van der Waals surface area (Å²) in [5.74, 6) is 0.385. The van der Waals surface area contributed by atoms with Gasteiger partial charge in [0.1, 0.15) is 11.6 Å². The van der Waals surface area contributed by atoms with Crippen LogP contribution in [-0.4, -0.2) is 7.11 Å². The minimum atomic E-state index is -0.950. The second-order valence-corrected chi connectivity index (χ2v) is 5.34. The van der Waals surface area contributed by atoms with E-state index in [2.05, 4.69) is 0 Å². The summed E-state index contributed by atoms with van der Waals surface area (Å²) in [7, 11) is 1.61. The van der Waals surface area contributed by atoms with Crippen LogP contribution >= 0.6 is 0 Å². The number of hydrogen-bond donors (Lipinski definition) is 1. The summed E-state index contributed by atoms with van der Waals surface area (Å²) in [4.78, 5) is 0. The average Bonchev–Trinajstić information content (AvgIpc) is 2.37. The molecule has 0 radical (unpaired) electrons. The van der Waals surface area contributed by atoms with Crippen LogP contribution in [0.5, 0.6) is 5.75 Å². The normalized spacial score (nSPS) is 13.9. The monoisotopic (exact) mass is 273 g/mol. The van der Waals surface area contributed by atoms with Gasteiger partial charge in [0, 0.05) is 11.1 Å². The molecule has 1 unspecified atom stereocenters. The molecule has 0 aliphatic rings. The van der Waals surface area contributed by atoms with Gasteiger partial charge in [-0.25, -0.2) is 4.39 Å². The molecule has 1 atom stereocenters. The Bertz CT molecular complexity index is 635. The van der Waals surface area contributed by atoms with Crippen LogP contribution in [0, 0.1) is 19.7 Å². The van der Waals surface area contributed by atoms with Crippen molar-refractivity contribution in [3.05, 3.63) is 64.5 Å². The number of ether oxygens (including phenoxy) is 1. The predicted octanol–water partition coefficient (Wildman–Crippen LogP) is 3.67. The topological polar surface area (TPSA) is 35.2 Å². The quantitative estimate of drug-likeness (QED) is 0.926. The van der Waals surface area contributed by atoms with E-state index in [1.54, 1.807) is 25.3 Å². The molecular formula is C17H20FNO. The SMILES string of the molecule is COc1cc(C)cc(C)c1C(C)(N)c1ccccc1F. The van der Waals surface area contributed by atoms with Crippen molar-refractivity contribution in [2.75, 3.05) is 7.11 Å². The zero-order valence-electron chi connectivity index (χ0n) is 12.3. The molecule has 0 aromatic heterocycles. The van der Waals surface area contributed by atoms with Crippen molar-refractivity contribution in [2.45, 2.75) is 26.3 Å². The van der Waals surface area contributed by atoms with E-state index in [9.17, 15) is 4.39 Å². The van der Waals surface area contributed by atoms with Crippen LogP contribution in [0.4, 0.5) is 4.39 Å². The van der Waals surface area contributed by atoms with Crippen molar-refractivity contribution in [3.63, 3.8) is 0 Å². The second kappa shape index (κ2) is 5.25. The number of halogens is 1. The van der Waals surface area contributed by atoms with Gasteiger partial charge in [0.25, 0.3) is 0 Å². The van der Waals surface area contributed by atoms with Gasteiger partial charge in [-0.05, 0) is 44.0 Å². The zero-order valence-corrected chi connectivity index (χ0v) is 12.3. The highest BCUT2D eigenvalue weighted by molar-refractivity contribution is 5.51. The first-order chi connectivity index (χ1) is 9.37. The third kappa shape index (κ3) is 2.41. The minimum Gasteiger partial charge on any atom is -0.496 e. The minimum absolute atomic E-state index is 0.306. The van der Waals surface area contributed by atoms with Gasteiger partial charge in [0.05, 0.1) is 12.6 Å². The van der Waals surface area contributed by atoms with E-state index in [0.29, 0.717) is 11.3 Å². The first kappa shape index (κ1) is 14.5. The molecule has 0 fully saturated rings. The second-order valence-electron chi connectivity index (χ2n) is 5.34. The van der Waals surface area contributed by atoms with E-state index in [1.165, 1.54) is 6.07 Å². The molecule has 0 saturated carbocycles. The molecule has 0 heterocycles. The number of methoxy groups -OCH3 is 1. The van der Waals surface area contributed by atoms with E-state index < -0.39 is 5.54 Å². The lowest BCUT2D eigenvalue weighted by atomic mass is 9.82. The fourth-order valence-corrected chi connectivity index (χ4v) is 2.77. The Morgan fingerprint density at radius 1 is 1.15 bits per heavy atom. The van der Waals surface area contributed by atoms with E-state index in [-0.39, 0.29) is 5.82 Å². The van der Waals surface area contributed by atoms with Crippen LogP contribution in [-0.2, 0) is 5.54 Å². The lowest BCUT2D eigenvalue weighted by Gasteiger charge is -2.30. The largest absolute Gasteiger partial charge is 0.496 e. The van der Waals surface area contributed by atoms with Crippen molar-refractivity contribution in [3.8, 4) is 5.75 Å². The summed E-state index contributed by atoms with van der Waals surface area (Å²) in [6, 6.07) is 10.6. The Morgan fingerprint density at radius 3 is 2.40 bits per heavy atom. The molecule has 106 valence electrons. The Balaban J connectivity index is 2.69. The molecule has 2 nitrogen and oxygen atoms in total. The van der Waals surface area contributed by atoms with E-state index in [4.69, 9.17) is 10.5 Å². The Kier molecular flexibility index (Phi) is 3.82. The zero-order chi connectivity index (χ0) is 14.9. The number of benzene rings is 2. The van der Waals surface area contributed by atoms with Crippen LogP contribution in [0.2, 0.25) is 0 Å². The first-order valence-corrected chi connectivity index (χ1v) is 6.57. The fourth-order valence-electron chi connectivity index (χ4n) is 2.77. The molecule has 3 heteroatoms. The molecule has 20 heavy (non-hydrogen) atoms. The van der Waals surface area contributed by atoms with Gasteiger partial charge >= 0.3 is 0 Å². The maximum absolute atomic E-state index is 14.1. The van der Waals surface area contributed by atoms with Gasteiger partial charge in [-0.2, -0.15) is 0 Å². The molecule has 2 rings (SSSR count). The molecule has 2 aromatic rings. The van der Waals surface area contributed by atoms with Crippen LogP contribution < -0.4 is 10.5 Å². The van der Waals surface area contributed by atoms with Crippen molar-refractivity contribution in [2.24, 2.45) is 5.73 Å². The van der Waals surface area contributed by atoms with Crippen molar-refractivity contribution in [1.82, 2.24) is 0 Å². The van der Waals surface area contributed by atoms with Crippen LogP contribution in [0.15, 0.2) is 36.4 Å². The average molecular weight is 273 g/mol. The van der Waals surface area contributed by atoms with Crippen LogP contribution in [0.3, 0.4) is 0 Å². The van der Waals surface area contributed by atoms with Gasteiger partial charge in [-0.15, -0.1) is 0 Å². The molecule has 0 bridgehead atoms. The molecular weight excluding hydrogens is 253 g/mol. The Morgan fingerprint density at radius 2 is 1.80 bits per heavy atom. The summed E-state index contributed by atoms with van der Waals surface area (Å²) < 4.78 is 19.5. The number of hydrogen-bond acceptors (Lipinski definition) is 2. The molecule has 0 amide bonds. The summed E-state index contributed by atoms with van der Waals surface area (Å²) in [6.07, 6.45) is 0. The predicted molar refractivity (Wildman–Crippen MR) is 79.5 cm³/mol. The van der Waals surface area contributed by atoms with Gasteiger partial charge < -0.3 is 10.5 Å². The van der Waals surface area contributed by atoms with E-state index in [1.807, 2.05) is 32.9 Å². The van der Waals surface area contributed by atoms with E-state index in [0.717, 1.165) is 16.7 Å². The lowest BCUT2D eigenvalue weighted by Crippen LogP contribution is -2.36. The Labute approximate surface area is 119 Å². The lowest BCUT2D eigenvalue weighted by molar-refractivity contribution is 0.395. The third-order valence-electron chi connectivity index (χ3n) is 3.62. The summed E-state index contributed by atoms with van der Waals surface area (Å²) in [6.45, 7) is 5.78. The number of rotatable bonds is 3. The van der Waals surface area contributed by atoms with Gasteiger partial charge in [0.2, 0.25) is 0 Å². The smallest absolute Gasteiger partial charge is 0.128 e. The molecule has 2 aromatic carbocycles. The van der Waals surface area contributed by atoms with Crippen molar-refractivity contribution < 1.29 is 9.13 Å². The highest BCUT2D eigenvalue weighted by atomic mass is 19.1. The van der Waals surface area contributed by atoms with Gasteiger partial charge in [-0.3, -0.25) is 0 Å². The molecule has 0 aliphatic heterocycles. The van der Waals surface area contributed by atoms with Crippen LogP contribution in [0.25, 0.3) is 0 Å². The molecule has 0 aliphatic carbocycles. The van der Waals surface area contributed by atoms with Crippen molar-refractivity contribution >= 4 is 0 Å². The van der Waals surface area contributed by atoms with Gasteiger partial charge in [-0.1, -0.05) is 24.3 Å². The molecule has 0 spiro atoms. The summed E-state index contributed by atoms with van der Waals surface area (Å²) in [5, 5.41) is 0. The van der Waals surface area contributed by atoms with Crippen LogP contribution in [0.1, 0.15) is 29.2 Å². The maximum atomic E-state index is 14.1. The molecule has 2 N–H and O–H groups in total. The fraction of sp³-hybridized carbons (Fsp3) is 0.294. The highest BCUT2D eigenvalue weighted by Gasteiger charge is 2.31. The maximum Gasteiger partial charge on any atom is 0.128 e. The van der Waals surface area contributed by atoms with Crippen molar-refractivity contribution in [1.29, 1.82) is 0 Å². The summed E-state index contributed by atoms with van der Waals surface area (Å²) >= 11 is 0. The highest BCUT2D eigenvalue weighted by Crippen LogP contribution is 2.37. The third-order valence-corrected chi connectivity index (χ3v) is 3.62. The van der Waals surface area contributed by atoms with Gasteiger partial charge in [0.15, 0.2) is 0 Å². The Hall–Kier alpha value is -1.87. The number of nitrogens with two attached hydrogens (primary N) is 1. The molecule has 0 saturated heterocycles. The van der Waals surface area contributed by atoms with E-state index >= 15 is 0 Å².